The highest BCUT2D eigenvalue weighted by atomic mass is 16.3. The average molecular weight is 236 g/mol. The van der Waals surface area contributed by atoms with Gasteiger partial charge in [0.2, 0.25) is 0 Å². The number of hydrogen-bond donors (Lipinski definition) is 2. The Morgan fingerprint density at radius 3 is 2.88 bits per heavy atom. The number of carbonyl (C=O) groups excluding carboxylic acids is 1. The van der Waals surface area contributed by atoms with Gasteiger partial charge < -0.3 is 10.4 Å². The van der Waals surface area contributed by atoms with Gasteiger partial charge in [-0.25, -0.2) is 0 Å². The normalized spacial score (nSPS) is 14.1. The molecule has 4 heteroatoms. The van der Waals surface area contributed by atoms with Gasteiger partial charge in [-0.2, -0.15) is 0 Å². The number of nitrogens with one attached hydrogen (secondary N) is 1. The van der Waals surface area contributed by atoms with E-state index in [1.165, 1.54) is 0 Å². The number of aliphatic hydroxyl groups is 1. The lowest BCUT2D eigenvalue weighted by molar-refractivity contribution is 0.0469. The Balaban J connectivity index is 2.59. The Morgan fingerprint density at radius 1 is 1.59 bits per heavy atom. The van der Waals surface area contributed by atoms with Crippen LogP contribution in [0.15, 0.2) is 18.3 Å². The summed E-state index contributed by atoms with van der Waals surface area (Å²) >= 11 is 0. The van der Waals surface area contributed by atoms with E-state index in [9.17, 15) is 9.90 Å². The van der Waals surface area contributed by atoms with E-state index in [0.29, 0.717) is 17.7 Å². The molecule has 94 valence electrons. The summed E-state index contributed by atoms with van der Waals surface area (Å²) in [6.45, 7) is 5.78. The number of pyridine rings is 1. The van der Waals surface area contributed by atoms with Crippen molar-refractivity contribution in [3.63, 3.8) is 0 Å². The van der Waals surface area contributed by atoms with Gasteiger partial charge in [-0.3, -0.25) is 9.78 Å². The molecule has 17 heavy (non-hydrogen) atoms. The molecule has 1 rings (SSSR count). The van der Waals surface area contributed by atoms with Crippen LogP contribution >= 0.6 is 0 Å². The van der Waals surface area contributed by atoms with Crippen LogP contribution in [0.3, 0.4) is 0 Å². The summed E-state index contributed by atoms with van der Waals surface area (Å²) in [5.74, 6) is -0.188. The Bertz CT molecular complexity index is 389. The summed E-state index contributed by atoms with van der Waals surface area (Å²) in [6, 6.07) is 3.46. The lowest BCUT2D eigenvalue weighted by Crippen LogP contribution is -2.40. The monoisotopic (exact) mass is 236 g/mol. The number of hydrogen-bond acceptors (Lipinski definition) is 3. The van der Waals surface area contributed by atoms with E-state index >= 15 is 0 Å². The molecule has 0 aliphatic heterocycles. The van der Waals surface area contributed by atoms with Crippen LogP contribution in [0, 0.1) is 6.92 Å². The first kappa shape index (κ1) is 13.6. The fourth-order valence-corrected chi connectivity index (χ4v) is 1.72. The molecule has 0 radical (unpaired) electrons. The molecule has 0 spiro atoms. The van der Waals surface area contributed by atoms with Gasteiger partial charge in [0.25, 0.3) is 5.91 Å². The number of amides is 1. The molecular weight excluding hydrogens is 216 g/mol. The summed E-state index contributed by atoms with van der Waals surface area (Å²) in [7, 11) is 0. The molecule has 0 aromatic carbocycles. The third-order valence-corrected chi connectivity index (χ3v) is 2.67. The van der Waals surface area contributed by atoms with E-state index in [2.05, 4.69) is 10.3 Å². The molecule has 0 saturated heterocycles. The first-order chi connectivity index (χ1) is 7.96. The van der Waals surface area contributed by atoms with Crippen molar-refractivity contribution in [2.45, 2.75) is 39.2 Å². The SMILES string of the molecule is CCCC(C)(O)CNC(=O)c1cccnc1C. The van der Waals surface area contributed by atoms with Crippen LogP contribution in [0.1, 0.15) is 42.7 Å². The quantitative estimate of drug-likeness (QED) is 0.817. The highest BCUT2D eigenvalue weighted by Crippen LogP contribution is 2.11. The molecule has 1 heterocycles. The lowest BCUT2D eigenvalue weighted by atomic mass is 10.0. The Labute approximate surface area is 102 Å². The Kier molecular flexibility index (Phi) is 4.63. The molecule has 1 amide bonds. The first-order valence-electron chi connectivity index (χ1n) is 5.88. The van der Waals surface area contributed by atoms with Gasteiger partial charge in [-0.15, -0.1) is 0 Å². The zero-order valence-electron chi connectivity index (χ0n) is 10.7. The fourth-order valence-electron chi connectivity index (χ4n) is 1.72. The highest BCUT2D eigenvalue weighted by molar-refractivity contribution is 5.95. The molecule has 1 aromatic rings. The number of carbonyl (C=O) groups is 1. The van der Waals surface area contributed by atoms with E-state index < -0.39 is 5.60 Å². The maximum atomic E-state index is 11.9. The third kappa shape index (κ3) is 4.15. The van der Waals surface area contributed by atoms with Crippen molar-refractivity contribution in [2.24, 2.45) is 0 Å². The zero-order valence-corrected chi connectivity index (χ0v) is 10.7. The second-order valence-corrected chi connectivity index (χ2v) is 4.57. The molecule has 0 bridgehead atoms. The maximum Gasteiger partial charge on any atom is 0.253 e. The van der Waals surface area contributed by atoms with E-state index in [-0.39, 0.29) is 12.5 Å². The summed E-state index contributed by atoms with van der Waals surface area (Å²) < 4.78 is 0. The van der Waals surface area contributed by atoms with Crippen LogP contribution in [-0.4, -0.2) is 28.1 Å². The number of aryl methyl sites for hydroxylation is 1. The summed E-state index contributed by atoms with van der Waals surface area (Å²) in [5.41, 5.74) is 0.403. The van der Waals surface area contributed by atoms with Crippen molar-refractivity contribution in [1.29, 1.82) is 0 Å². The molecular formula is C13H20N2O2. The molecule has 4 nitrogen and oxygen atoms in total. The Hall–Kier alpha value is -1.42. The van der Waals surface area contributed by atoms with Crippen LogP contribution < -0.4 is 5.32 Å². The predicted octanol–water partition coefficient (Wildman–Crippen LogP) is 1.67. The molecule has 2 N–H and O–H groups in total. The number of rotatable bonds is 5. The zero-order chi connectivity index (χ0) is 12.9. The molecule has 0 saturated carbocycles. The van der Waals surface area contributed by atoms with Gasteiger partial charge in [0.05, 0.1) is 11.2 Å². The van der Waals surface area contributed by atoms with Crippen molar-refractivity contribution < 1.29 is 9.90 Å². The molecule has 0 fully saturated rings. The van der Waals surface area contributed by atoms with Gasteiger partial charge in [-0.1, -0.05) is 13.3 Å². The highest BCUT2D eigenvalue weighted by Gasteiger charge is 2.20. The van der Waals surface area contributed by atoms with Gasteiger partial charge in [0.15, 0.2) is 0 Å². The third-order valence-electron chi connectivity index (χ3n) is 2.67. The second kappa shape index (κ2) is 5.77. The van der Waals surface area contributed by atoms with Gasteiger partial charge in [-0.05, 0) is 32.4 Å². The average Bonchev–Trinajstić information content (AvgIpc) is 2.27. The topological polar surface area (TPSA) is 62.2 Å². The van der Waals surface area contributed by atoms with Crippen LogP contribution in [0.2, 0.25) is 0 Å². The molecule has 1 unspecified atom stereocenters. The maximum absolute atomic E-state index is 11.9. The van der Waals surface area contributed by atoms with Crippen LogP contribution in [-0.2, 0) is 0 Å². The van der Waals surface area contributed by atoms with Crippen LogP contribution in [0.4, 0.5) is 0 Å². The predicted molar refractivity (Wildman–Crippen MR) is 66.8 cm³/mol. The van der Waals surface area contributed by atoms with Gasteiger partial charge in [0.1, 0.15) is 0 Å². The van der Waals surface area contributed by atoms with Crippen molar-refractivity contribution in [3.8, 4) is 0 Å². The number of nitrogens with zero attached hydrogens (tertiary/aromatic N) is 1. The van der Waals surface area contributed by atoms with Crippen molar-refractivity contribution in [3.05, 3.63) is 29.6 Å². The lowest BCUT2D eigenvalue weighted by Gasteiger charge is -2.23. The smallest absolute Gasteiger partial charge is 0.253 e. The minimum absolute atomic E-state index is 0.188. The second-order valence-electron chi connectivity index (χ2n) is 4.57. The van der Waals surface area contributed by atoms with Crippen molar-refractivity contribution in [2.75, 3.05) is 6.54 Å². The standard InChI is InChI=1S/C13H20N2O2/c1-4-7-13(3,17)9-15-12(16)11-6-5-8-14-10(11)2/h5-6,8,17H,4,7,9H2,1-3H3,(H,15,16). The van der Waals surface area contributed by atoms with E-state index in [0.717, 1.165) is 6.42 Å². The summed E-state index contributed by atoms with van der Waals surface area (Å²) in [5, 5.41) is 12.7. The minimum atomic E-state index is -0.847. The largest absolute Gasteiger partial charge is 0.388 e. The van der Waals surface area contributed by atoms with E-state index in [1.807, 2.05) is 6.92 Å². The first-order valence-corrected chi connectivity index (χ1v) is 5.88. The molecule has 1 aromatic heterocycles. The fraction of sp³-hybridized carbons (Fsp3) is 0.538. The summed E-state index contributed by atoms with van der Waals surface area (Å²) in [4.78, 5) is 15.9. The minimum Gasteiger partial charge on any atom is -0.388 e. The van der Waals surface area contributed by atoms with Crippen LogP contribution in [0.5, 0.6) is 0 Å². The van der Waals surface area contributed by atoms with Gasteiger partial charge >= 0.3 is 0 Å². The van der Waals surface area contributed by atoms with Gasteiger partial charge in [0, 0.05) is 18.4 Å². The Morgan fingerprint density at radius 2 is 2.29 bits per heavy atom. The number of aromatic nitrogens is 1. The van der Waals surface area contributed by atoms with Crippen LogP contribution in [0.25, 0.3) is 0 Å². The van der Waals surface area contributed by atoms with Crippen molar-refractivity contribution >= 4 is 5.91 Å². The van der Waals surface area contributed by atoms with E-state index in [4.69, 9.17) is 0 Å². The molecule has 0 aliphatic rings. The van der Waals surface area contributed by atoms with E-state index in [1.54, 1.807) is 32.2 Å². The molecule has 1 atom stereocenters. The van der Waals surface area contributed by atoms with Crippen molar-refractivity contribution in [1.82, 2.24) is 10.3 Å². The molecule has 0 aliphatic carbocycles. The summed E-state index contributed by atoms with van der Waals surface area (Å²) in [6.07, 6.45) is 3.20.